The van der Waals surface area contributed by atoms with E-state index >= 15 is 0 Å². The Kier molecular flexibility index (Phi) is 6.72. The number of carboxylic acid groups (broad SMARTS) is 1. The molecule has 5 nitrogen and oxygen atoms in total. The molecule has 0 radical (unpaired) electrons. The number of carboxylic acids is 1. The highest BCUT2D eigenvalue weighted by atomic mass is 16.4. The van der Waals surface area contributed by atoms with Crippen molar-refractivity contribution in [1.82, 2.24) is 10.2 Å². The van der Waals surface area contributed by atoms with Crippen LogP contribution < -0.4 is 5.32 Å². The van der Waals surface area contributed by atoms with Gasteiger partial charge in [0.05, 0.1) is 5.56 Å². The molecular formula is C16H24N2O3. The Hall–Kier alpha value is -2.04. The minimum atomic E-state index is -0.948. The van der Waals surface area contributed by atoms with E-state index in [9.17, 15) is 9.59 Å². The molecule has 1 aromatic rings. The average Bonchev–Trinajstić information content (AvgIpc) is 2.50. The summed E-state index contributed by atoms with van der Waals surface area (Å²) in [5, 5.41) is 11.7. The molecule has 0 aliphatic carbocycles. The van der Waals surface area contributed by atoms with E-state index in [-0.39, 0.29) is 17.6 Å². The number of nitrogens with zero attached hydrogens (tertiary/aromatic N) is 1. The van der Waals surface area contributed by atoms with E-state index in [0.29, 0.717) is 13.1 Å². The molecule has 2 amide bonds. The highest BCUT2D eigenvalue weighted by molar-refractivity contribution is 5.87. The van der Waals surface area contributed by atoms with Crippen molar-refractivity contribution in [2.24, 2.45) is 0 Å². The van der Waals surface area contributed by atoms with Crippen LogP contribution in [0.25, 0.3) is 0 Å². The minimum absolute atomic E-state index is 0.0755. The molecule has 0 heterocycles. The molecule has 0 atom stereocenters. The normalized spacial score (nSPS) is 10.5. The molecular weight excluding hydrogens is 268 g/mol. The second-order valence-corrected chi connectivity index (χ2v) is 4.92. The molecule has 0 fully saturated rings. The van der Waals surface area contributed by atoms with Crippen LogP contribution in [0.1, 0.15) is 49.5 Å². The summed E-state index contributed by atoms with van der Waals surface area (Å²) in [5.74, 6) is -0.948. The quantitative estimate of drug-likeness (QED) is 0.811. The Morgan fingerprint density at radius 1 is 1.14 bits per heavy atom. The second kappa shape index (κ2) is 8.29. The maximum atomic E-state index is 12.2. The first-order chi connectivity index (χ1) is 10.0. The van der Waals surface area contributed by atoms with Crippen molar-refractivity contribution in [3.63, 3.8) is 0 Å². The summed E-state index contributed by atoms with van der Waals surface area (Å²) in [4.78, 5) is 24.8. The maximum absolute atomic E-state index is 12.2. The number of hydrogen-bond donors (Lipinski definition) is 2. The molecule has 116 valence electrons. The molecule has 2 N–H and O–H groups in total. The number of amides is 2. The Balaban J connectivity index is 2.60. The Morgan fingerprint density at radius 3 is 2.14 bits per heavy atom. The van der Waals surface area contributed by atoms with E-state index in [4.69, 9.17) is 5.11 Å². The zero-order chi connectivity index (χ0) is 15.8. The third-order valence-electron chi connectivity index (χ3n) is 3.63. The average molecular weight is 292 g/mol. The fraction of sp³-hybridized carbons (Fsp3) is 0.500. The lowest BCUT2D eigenvalue weighted by atomic mass is 10.1. The van der Waals surface area contributed by atoms with Gasteiger partial charge in [0.1, 0.15) is 0 Å². The number of aromatic carboxylic acids is 1. The molecule has 0 unspecified atom stereocenters. The largest absolute Gasteiger partial charge is 0.478 e. The van der Waals surface area contributed by atoms with Crippen molar-refractivity contribution in [2.45, 2.75) is 46.2 Å². The van der Waals surface area contributed by atoms with Gasteiger partial charge in [0, 0.05) is 19.1 Å². The second-order valence-electron chi connectivity index (χ2n) is 4.92. The lowest BCUT2D eigenvalue weighted by Gasteiger charge is -2.29. The zero-order valence-electron chi connectivity index (χ0n) is 12.9. The number of rotatable bonds is 7. The monoisotopic (exact) mass is 292 g/mol. The van der Waals surface area contributed by atoms with Crippen molar-refractivity contribution in [2.75, 3.05) is 6.54 Å². The Labute approximate surface area is 126 Å². The van der Waals surface area contributed by atoms with Gasteiger partial charge in [-0.15, -0.1) is 0 Å². The molecule has 5 heteroatoms. The minimum Gasteiger partial charge on any atom is -0.478 e. The summed E-state index contributed by atoms with van der Waals surface area (Å²) >= 11 is 0. The third-order valence-corrected chi connectivity index (χ3v) is 3.63. The first kappa shape index (κ1) is 17.0. The Bertz CT molecular complexity index is 467. The van der Waals surface area contributed by atoms with Gasteiger partial charge in [0.15, 0.2) is 0 Å². The van der Waals surface area contributed by atoms with Crippen LogP contribution >= 0.6 is 0 Å². The summed E-state index contributed by atoms with van der Waals surface area (Å²) < 4.78 is 0. The van der Waals surface area contributed by atoms with E-state index in [1.165, 1.54) is 0 Å². The fourth-order valence-electron chi connectivity index (χ4n) is 2.34. The number of benzene rings is 1. The molecule has 1 rings (SSSR count). The van der Waals surface area contributed by atoms with E-state index < -0.39 is 5.97 Å². The highest BCUT2D eigenvalue weighted by Crippen LogP contribution is 2.09. The van der Waals surface area contributed by atoms with Crippen molar-refractivity contribution in [3.8, 4) is 0 Å². The third kappa shape index (κ3) is 4.77. The van der Waals surface area contributed by atoms with Crippen LogP contribution in [0.2, 0.25) is 0 Å². The predicted octanol–water partition coefficient (Wildman–Crippen LogP) is 3.10. The lowest BCUT2D eigenvalue weighted by molar-refractivity contribution is 0.0697. The van der Waals surface area contributed by atoms with Gasteiger partial charge in [-0.1, -0.05) is 26.0 Å². The number of carbonyl (C=O) groups is 2. The molecule has 0 bridgehead atoms. The number of urea groups is 1. The van der Waals surface area contributed by atoms with E-state index in [0.717, 1.165) is 18.4 Å². The van der Waals surface area contributed by atoms with Gasteiger partial charge in [-0.2, -0.15) is 0 Å². The van der Waals surface area contributed by atoms with Gasteiger partial charge >= 0.3 is 12.0 Å². The predicted molar refractivity (Wildman–Crippen MR) is 82.4 cm³/mol. The van der Waals surface area contributed by atoms with E-state index in [1.807, 2.05) is 11.8 Å². The maximum Gasteiger partial charge on any atom is 0.335 e. The molecule has 0 spiro atoms. The van der Waals surface area contributed by atoms with Crippen LogP contribution in [0.5, 0.6) is 0 Å². The molecule has 0 saturated heterocycles. The number of hydrogen-bond acceptors (Lipinski definition) is 2. The summed E-state index contributed by atoms with van der Waals surface area (Å²) in [6.07, 6.45) is 1.87. The van der Waals surface area contributed by atoms with Crippen molar-refractivity contribution in [1.29, 1.82) is 0 Å². The van der Waals surface area contributed by atoms with Gasteiger partial charge in [-0.3, -0.25) is 0 Å². The van der Waals surface area contributed by atoms with Crippen molar-refractivity contribution < 1.29 is 14.7 Å². The first-order valence-corrected chi connectivity index (χ1v) is 7.40. The summed E-state index contributed by atoms with van der Waals surface area (Å²) in [6, 6.07) is 6.71. The van der Waals surface area contributed by atoms with Gasteiger partial charge in [0.25, 0.3) is 0 Å². The van der Waals surface area contributed by atoms with Gasteiger partial charge < -0.3 is 15.3 Å². The van der Waals surface area contributed by atoms with Crippen LogP contribution in [0.4, 0.5) is 4.79 Å². The number of nitrogens with one attached hydrogen (secondary N) is 1. The van der Waals surface area contributed by atoms with Gasteiger partial charge in [0.2, 0.25) is 0 Å². The number of carbonyl (C=O) groups excluding carboxylic acids is 1. The SMILES string of the molecule is CCC(CC)N(CC)C(=O)NCc1ccc(C(=O)O)cc1. The van der Waals surface area contributed by atoms with Crippen LogP contribution in [0.15, 0.2) is 24.3 Å². The fourth-order valence-corrected chi connectivity index (χ4v) is 2.34. The summed E-state index contributed by atoms with van der Waals surface area (Å²) in [5.41, 5.74) is 1.13. The summed E-state index contributed by atoms with van der Waals surface area (Å²) in [7, 11) is 0. The molecule has 21 heavy (non-hydrogen) atoms. The molecule has 0 aromatic heterocycles. The highest BCUT2D eigenvalue weighted by Gasteiger charge is 2.18. The molecule has 0 saturated carbocycles. The van der Waals surface area contributed by atoms with Crippen LogP contribution in [-0.2, 0) is 6.54 Å². The zero-order valence-corrected chi connectivity index (χ0v) is 12.9. The van der Waals surface area contributed by atoms with Crippen molar-refractivity contribution in [3.05, 3.63) is 35.4 Å². The lowest BCUT2D eigenvalue weighted by Crippen LogP contribution is -2.45. The topological polar surface area (TPSA) is 69.6 Å². The summed E-state index contributed by atoms with van der Waals surface area (Å²) in [6.45, 7) is 7.20. The standard InChI is InChI=1S/C16H24N2O3/c1-4-14(5-2)18(6-3)16(21)17-11-12-7-9-13(10-8-12)15(19)20/h7-10,14H,4-6,11H2,1-3H3,(H,17,21)(H,19,20). The van der Waals surface area contributed by atoms with E-state index in [1.54, 1.807) is 24.3 Å². The first-order valence-electron chi connectivity index (χ1n) is 7.40. The van der Waals surface area contributed by atoms with Crippen molar-refractivity contribution >= 4 is 12.0 Å². The van der Waals surface area contributed by atoms with Crippen LogP contribution in [0, 0.1) is 0 Å². The van der Waals surface area contributed by atoms with E-state index in [2.05, 4.69) is 19.2 Å². The van der Waals surface area contributed by atoms with Crippen LogP contribution in [0.3, 0.4) is 0 Å². The molecule has 0 aliphatic rings. The molecule has 1 aromatic carbocycles. The Morgan fingerprint density at radius 2 is 1.71 bits per heavy atom. The smallest absolute Gasteiger partial charge is 0.335 e. The van der Waals surface area contributed by atoms with Crippen LogP contribution in [-0.4, -0.2) is 34.6 Å². The van der Waals surface area contributed by atoms with Gasteiger partial charge in [-0.05, 0) is 37.5 Å². The molecule has 0 aliphatic heterocycles. The van der Waals surface area contributed by atoms with Gasteiger partial charge in [-0.25, -0.2) is 9.59 Å².